The molecule has 0 bridgehead atoms. The summed E-state index contributed by atoms with van der Waals surface area (Å²) in [5.74, 6) is 0.109. The van der Waals surface area contributed by atoms with E-state index in [1.54, 1.807) is 0 Å². The van der Waals surface area contributed by atoms with Gasteiger partial charge in [0.05, 0.1) is 11.4 Å². The predicted molar refractivity (Wildman–Crippen MR) is 75.2 cm³/mol. The fourth-order valence-electron chi connectivity index (χ4n) is 2.86. The molecule has 0 saturated carbocycles. The summed E-state index contributed by atoms with van der Waals surface area (Å²) in [4.78, 5) is 2.02. The molecule has 2 rings (SSSR count). The van der Waals surface area contributed by atoms with Crippen LogP contribution < -0.4 is 10.6 Å². The quantitative estimate of drug-likeness (QED) is 0.826. The van der Waals surface area contributed by atoms with Crippen LogP contribution in [-0.4, -0.2) is 13.1 Å². The molecular weight excluding hydrogens is 246 g/mol. The van der Waals surface area contributed by atoms with Crippen molar-refractivity contribution in [2.45, 2.75) is 33.1 Å². The first-order chi connectivity index (χ1) is 8.99. The number of nitrogens with two attached hydrogens (primary N) is 1. The second kappa shape index (κ2) is 5.76. The second-order valence-electron chi connectivity index (χ2n) is 5.74. The molecule has 0 amide bonds. The smallest absolute Gasteiger partial charge is 0.151 e. The van der Waals surface area contributed by atoms with E-state index in [1.165, 1.54) is 12.5 Å². The molecule has 4 heteroatoms. The lowest BCUT2D eigenvalue weighted by Gasteiger charge is -2.25. The molecule has 19 heavy (non-hydrogen) atoms. The number of benzene rings is 1. The largest absolute Gasteiger partial charge is 0.395 e. The van der Waals surface area contributed by atoms with Crippen molar-refractivity contribution in [3.63, 3.8) is 0 Å². The number of nitrogens with zero attached hydrogens (tertiary/aromatic N) is 1. The summed E-state index contributed by atoms with van der Waals surface area (Å²) in [5.41, 5.74) is 6.31. The fourth-order valence-corrected chi connectivity index (χ4v) is 2.86. The summed E-state index contributed by atoms with van der Waals surface area (Å²) < 4.78 is 26.9. The van der Waals surface area contributed by atoms with E-state index in [2.05, 4.69) is 13.8 Å². The van der Waals surface area contributed by atoms with Gasteiger partial charge in [0.2, 0.25) is 0 Å². The minimum atomic E-state index is -0.667. The van der Waals surface area contributed by atoms with Crippen molar-refractivity contribution in [2.75, 3.05) is 23.7 Å². The van der Waals surface area contributed by atoms with E-state index in [9.17, 15) is 8.78 Å². The molecule has 106 valence electrons. The van der Waals surface area contributed by atoms with Crippen molar-refractivity contribution in [1.82, 2.24) is 0 Å². The van der Waals surface area contributed by atoms with Crippen LogP contribution in [0.5, 0.6) is 0 Å². The van der Waals surface area contributed by atoms with Gasteiger partial charge in [-0.15, -0.1) is 0 Å². The zero-order valence-corrected chi connectivity index (χ0v) is 11.6. The first-order valence-corrected chi connectivity index (χ1v) is 6.98. The van der Waals surface area contributed by atoms with Gasteiger partial charge in [0.25, 0.3) is 0 Å². The van der Waals surface area contributed by atoms with Crippen molar-refractivity contribution in [2.24, 2.45) is 11.8 Å². The maximum Gasteiger partial charge on any atom is 0.151 e. The molecular formula is C15H22F2N2. The Morgan fingerprint density at radius 2 is 1.95 bits per heavy atom. The van der Waals surface area contributed by atoms with Crippen molar-refractivity contribution >= 4 is 11.4 Å². The van der Waals surface area contributed by atoms with Crippen LogP contribution in [0.15, 0.2) is 12.1 Å². The molecule has 1 aromatic carbocycles. The van der Waals surface area contributed by atoms with Crippen LogP contribution in [0.2, 0.25) is 0 Å². The highest BCUT2D eigenvalue weighted by Gasteiger charge is 2.22. The van der Waals surface area contributed by atoms with E-state index < -0.39 is 11.6 Å². The molecule has 1 unspecified atom stereocenters. The Hall–Kier alpha value is -1.32. The van der Waals surface area contributed by atoms with Gasteiger partial charge in [0, 0.05) is 19.2 Å². The van der Waals surface area contributed by atoms with Crippen LogP contribution in [0.3, 0.4) is 0 Å². The van der Waals surface area contributed by atoms with Crippen LogP contribution in [0, 0.1) is 23.5 Å². The summed E-state index contributed by atoms with van der Waals surface area (Å²) >= 11 is 0. The van der Waals surface area contributed by atoms with Gasteiger partial charge in [-0.05, 0) is 37.2 Å². The van der Waals surface area contributed by atoms with E-state index in [0.29, 0.717) is 17.5 Å². The third-order valence-electron chi connectivity index (χ3n) is 4.13. The van der Waals surface area contributed by atoms with Crippen LogP contribution in [0.1, 0.15) is 33.1 Å². The van der Waals surface area contributed by atoms with Gasteiger partial charge in [-0.2, -0.15) is 0 Å². The highest BCUT2D eigenvalue weighted by Crippen LogP contribution is 2.31. The molecule has 1 fully saturated rings. The van der Waals surface area contributed by atoms with Crippen molar-refractivity contribution in [1.29, 1.82) is 0 Å². The molecule has 2 nitrogen and oxygen atoms in total. The minimum absolute atomic E-state index is 0.0596. The molecule has 1 aliphatic heterocycles. The molecule has 0 spiro atoms. The van der Waals surface area contributed by atoms with Gasteiger partial charge in [0.1, 0.15) is 5.82 Å². The highest BCUT2D eigenvalue weighted by atomic mass is 19.1. The molecule has 1 saturated heterocycles. The highest BCUT2D eigenvalue weighted by molar-refractivity contribution is 5.68. The summed E-state index contributed by atoms with van der Waals surface area (Å²) in [6.07, 6.45) is 3.27. The lowest BCUT2D eigenvalue weighted by Crippen LogP contribution is -2.26. The Morgan fingerprint density at radius 3 is 2.63 bits per heavy atom. The SMILES string of the molecule is CC(C)C1CCCN(c2cc(F)cc(F)c2N)CC1. The normalized spacial score (nSPS) is 20.7. The van der Waals surface area contributed by atoms with Crippen LogP contribution in [0.25, 0.3) is 0 Å². The number of rotatable bonds is 2. The lowest BCUT2D eigenvalue weighted by molar-refractivity contribution is 0.351. The summed E-state index contributed by atoms with van der Waals surface area (Å²) in [7, 11) is 0. The first kappa shape index (κ1) is 14.1. The Balaban J connectivity index is 2.19. The van der Waals surface area contributed by atoms with Gasteiger partial charge in [-0.25, -0.2) is 8.78 Å². The summed E-state index contributed by atoms with van der Waals surface area (Å²) in [5, 5.41) is 0. The fraction of sp³-hybridized carbons (Fsp3) is 0.600. The molecule has 1 aromatic rings. The first-order valence-electron chi connectivity index (χ1n) is 6.98. The van der Waals surface area contributed by atoms with Gasteiger partial charge < -0.3 is 10.6 Å². The second-order valence-corrected chi connectivity index (χ2v) is 5.74. The standard InChI is InChI=1S/C15H22F2N2/c1-10(2)11-4-3-6-19(7-5-11)14-9-12(16)8-13(17)15(14)18/h8-11H,3-7,18H2,1-2H3. The third kappa shape index (κ3) is 3.17. The molecule has 1 aliphatic rings. The zero-order chi connectivity index (χ0) is 14.0. The maximum atomic E-state index is 13.5. The molecule has 0 aromatic heterocycles. The van der Waals surface area contributed by atoms with Gasteiger partial charge in [-0.3, -0.25) is 0 Å². The Labute approximate surface area is 113 Å². The van der Waals surface area contributed by atoms with E-state index in [0.717, 1.165) is 32.0 Å². The predicted octanol–water partition coefficient (Wildman–Crippen LogP) is 3.81. The van der Waals surface area contributed by atoms with Gasteiger partial charge in [-0.1, -0.05) is 13.8 Å². The third-order valence-corrected chi connectivity index (χ3v) is 4.13. The van der Waals surface area contributed by atoms with Crippen LogP contribution in [-0.2, 0) is 0 Å². The lowest BCUT2D eigenvalue weighted by atomic mass is 9.89. The number of hydrogen-bond acceptors (Lipinski definition) is 2. The van der Waals surface area contributed by atoms with Crippen LogP contribution >= 0.6 is 0 Å². The topological polar surface area (TPSA) is 29.3 Å². The van der Waals surface area contributed by atoms with Crippen molar-refractivity contribution < 1.29 is 8.78 Å². The molecule has 1 heterocycles. The van der Waals surface area contributed by atoms with E-state index in [1.807, 2.05) is 4.90 Å². The Bertz CT molecular complexity index is 446. The van der Waals surface area contributed by atoms with E-state index >= 15 is 0 Å². The Morgan fingerprint density at radius 1 is 1.21 bits per heavy atom. The molecule has 0 aliphatic carbocycles. The average molecular weight is 268 g/mol. The summed E-state index contributed by atoms with van der Waals surface area (Å²) in [6, 6.07) is 2.18. The summed E-state index contributed by atoms with van der Waals surface area (Å²) in [6.45, 7) is 6.10. The molecule has 2 N–H and O–H groups in total. The monoisotopic (exact) mass is 268 g/mol. The van der Waals surface area contributed by atoms with E-state index in [4.69, 9.17) is 5.73 Å². The zero-order valence-electron chi connectivity index (χ0n) is 11.6. The van der Waals surface area contributed by atoms with Crippen molar-refractivity contribution in [3.8, 4) is 0 Å². The number of nitrogen functional groups attached to an aromatic ring is 1. The maximum absolute atomic E-state index is 13.5. The van der Waals surface area contributed by atoms with Crippen molar-refractivity contribution in [3.05, 3.63) is 23.8 Å². The number of halogens is 2. The Kier molecular flexibility index (Phi) is 4.27. The number of anilines is 2. The number of hydrogen-bond donors (Lipinski definition) is 1. The van der Waals surface area contributed by atoms with Gasteiger partial charge >= 0.3 is 0 Å². The van der Waals surface area contributed by atoms with E-state index in [-0.39, 0.29) is 5.69 Å². The minimum Gasteiger partial charge on any atom is -0.395 e. The van der Waals surface area contributed by atoms with Gasteiger partial charge in [0.15, 0.2) is 5.82 Å². The molecule has 0 radical (unpaired) electrons. The van der Waals surface area contributed by atoms with Crippen LogP contribution in [0.4, 0.5) is 20.2 Å². The average Bonchev–Trinajstić information content (AvgIpc) is 2.59. The molecule has 1 atom stereocenters.